The van der Waals surface area contributed by atoms with Gasteiger partial charge >= 0.3 is 0 Å². The van der Waals surface area contributed by atoms with E-state index in [4.69, 9.17) is 15.3 Å². The normalized spacial score (nSPS) is 12.8. The minimum absolute atomic E-state index is 0.0105. The molecule has 0 aliphatic heterocycles. The van der Waals surface area contributed by atoms with Crippen molar-refractivity contribution in [2.24, 2.45) is 0 Å². The third-order valence-corrected chi connectivity index (χ3v) is 1.86. The van der Waals surface area contributed by atoms with Crippen LogP contribution in [0, 0.1) is 0 Å². The van der Waals surface area contributed by atoms with Crippen molar-refractivity contribution in [1.29, 1.82) is 0 Å². The lowest BCUT2D eigenvalue weighted by Gasteiger charge is -2.13. The fraction of sp³-hybridized carbons (Fsp3) is 0.333. The van der Waals surface area contributed by atoms with Gasteiger partial charge in [0.25, 0.3) is 0 Å². The molecular formula is C9H13NO3. The maximum Gasteiger partial charge on any atom is 0.119 e. The molecule has 1 unspecified atom stereocenters. The van der Waals surface area contributed by atoms with Gasteiger partial charge in [-0.2, -0.15) is 0 Å². The highest BCUT2D eigenvalue weighted by Crippen LogP contribution is 2.24. The summed E-state index contributed by atoms with van der Waals surface area (Å²) in [6, 6.07) is 3.97. The third kappa shape index (κ3) is 2.34. The van der Waals surface area contributed by atoms with E-state index in [0.717, 1.165) is 0 Å². The average Bonchev–Trinajstić information content (AvgIpc) is 2.04. The molecule has 0 radical (unpaired) electrons. The van der Waals surface area contributed by atoms with E-state index in [1.807, 2.05) is 0 Å². The van der Waals surface area contributed by atoms with Crippen LogP contribution in [0.25, 0.3) is 0 Å². The Morgan fingerprint density at radius 1 is 1.23 bits per heavy atom. The summed E-state index contributed by atoms with van der Waals surface area (Å²) in [6.07, 6.45) is 0. The van der Waals surface area contributed by atoms with Crippen LogP contribution in [0.2, 0.25) is 0 Å². The van der Waals surface area contributed by atoms with Crippen molar-refractivity contribution in [3.8, 4) is 11.5 Å². The van der Waals surface area contributed by atoms with Gasteiger partial charge in [-0.05, 0) is 24.7 Å². The van der Waals surface area contributed by atoms with Gasteiger partial charge in [0.05, 0.1) is 12.6 Å². The van der Waals surface area contributed by atoms with Gasteiger partial charge in [-0.1, -0.05) is 0 Å². The number of likely N-dealkylation sites (N-methyl/N-ethyl adjacent to an activating group) is 1. The number of hydrogen-bond acceptors (Lipinski definition) is 4. The first kappa shape index (κ1) is 9.83. The van der Waals surface area contributed by atoms with Crippen LogP contribution in [0.15, 0.2) is 18.2 Å². The molecule has 72 valence electrons. The van der Waals surface area contributed by atoms with E-state index >= 15 is 0 Å². The highest BCUT2D eigenvalue weighted by atomic mass is 16.3. The quantitative estimate of drug-likeness (QED) is 0.545. The molecule has 0 saturated carbocycles. The Balaban J connectivity index is 2.99. The molecule has 0 amide bonds. The Morgan fingerprint density at radius 2 is 1.77 bits per heavy atom. The van der Waals surface area contributed by atoms with Crippen LogP contribution < -0.4 is 5.32 Å². The zero-order chi connectivity index (χ0) is 9.84. The molecule has 0 fully saturated rings. The van der Waals surface area contributed by atoms with Crippen LogP contribution in [-0.4, -0.2) is 29.0 Å². The Hall–Kier alpha value is -1.26. The first-order valence-electron chi connectivity index (χ1n) is 3.98. The molecule has 13 heavy (non-hydrogen) atoms. The van der Waals surface area contributed by atoms with E-state index < -0.39 is 0 Å². The zero-order valence-corrected chi connectivity index (χ0v) is 7.36. The molecule has 1 atom stereocenters. The van der Waals surface area contributed by atoms with Crippen molar-refractivity contribution in [3.63, 3.8) is 0 Å². The molecule has 0 heterocycles. The number of hydrogen-bond donors (Lipinski definition) is 4. The predicted octanol–water partition coefficient (Wildman–Crippen LogP) is 0.351. The molecule has 4 nitrogen and oxygen atoms in total. The number of phenolic OH excluding ortho intramolecular Hbond substituents is 2. The highest BCUT2D eigenvalue weighted by molar-refractivity contribution is 5.38. The largest absolute Gasteiger partial charge is 0.508 e. The summed E-state index contributed by atoms with van der Waals surface area (Å²) in [5.41, 5.74) is 0.655. The first-order valence-corrected chi connectivity index (χ1v) is 3.98. The predicted molar refractivity (Wildman–Crippen MR) is 48.7 cm³/mol. The van der Waals surface area contributed by atoms with Gasteiger partial charge in [-0.15, -0.1) is 0 Å². The number of aromatic hydroxyl groups is 2. The molecule has 0 spiro atoms. The number of nitrogens with one attached hydrogen (secondary N) is 1. The highest BCUT2D eigenvalue weighted by Gasteiger charge is 2.09. The fourth-order valence-electron chi connectivity index (χ4n) is 1.18. The third-order valence-electron chi connectivity index (χ3n) is 1.86. The van der Waals surface area contributed by atoms with Gasteiger partial charge in [0.2, 0.25) is 0 Å². The Bertz CT molecular complexity index is 264. The van der Waals surface area contributed by atoms with E-state index in [2.05, 4.69) is 5.32 Å². The van der Waals surface area contributed by atoms with Crippen LogP contribution in [0.5, 0.6) is 11.5 Å². The summed E-state index contributed by atoms with van der Waals surface area (Å²) in [5, 5.41) is 30.1. The van der Waals surface area contributed by atoms with Gasteiger partial charge in [0.1, 0.15) is 11.5 Å². The second-order valence-electron chi connectivity index (χ2n) is 2.81. The van der Waals surface area contributed by atoms with E-state index in [9.17, 15) is 0 Å². The monoisotopic (exact) mass is 183 g/mol. The average molecular weight is 183 g/mol. The van der Waals surface area contributed by atoms with Crippen LogP contribution in [-0.2, 0) is 0 Å². The summed E-state index contributed by atoms with van der Waals surface area (Å²) >= 11 is 0. The van der Waals surface area contributed by atoms with Crippen LogP contribution in [0.3, 0.4) is 0 Å². The van der Waals surface area contributed by atoms with Crippen molar-refractivity contribution < 1.29 is 15.3 Å². The zero-order valence-electron chi connectivity index (χ0n) is 7.36. The standard InChI is InChI=1S/C9H13NO3/c1-10-9(5-11)6-2-7(12)4-8(13)3-6/h2-4,9-13H,5H2,1H3. The van der Waals surface area contributed by atoms with E-state index in [1.165, 1.54) is 18.2 Å². The van der Waals surface area contributed by atoms with Crippen LogP contribution in [0.4, 0.5) is 0 Å². The molecule has 0 bridgehead atoms. The first-order chi connectivity index (χ1) is 6.17. The van der Waals surface area contributed by atoms with Crippen molar-refractivity contribution in [3.05, 3.63) is 23.8 Å². The molecule has 1 rings (SSSR count). The van der Waals surface area contributed by atoms with Crippen molar-refractivity contribution in [2.45, 2.75) is 6.04 Å². The second kappa shape index (κ2) is 4.11. The molecule has 1 aromatic carbocycles. The van der Waals surface area contributed by atoms with Gasteiger partial charge < -0.3 is 20.6 Å². The van der Waals surface area contributed by atoms with E-state index in [0.29, 0.717) is 5.56 Å². The fourth-order valence-corrected chi connectivity index (χ4v) is 1.18. The number of aliphatic hydroxyl groups excluding tert-OH is 1. The Kier molecular flexibility index (Phi) is 3.11. The molecule has 4 N–H and O–H groups in total. The van der Waals surface area contributed by atoms with Gasteiger partial charge in [-0.25, -0.2) is 0 Å². The summed E-state index contributed by atoms with van der Waals surface area (Å²) < 4.78 is 0. The van der Waals surface area contributed by atoms with Gasteiger partial charge in [0, 0.05) is 6.07 Å². The van der Waals surface area contributed by atoms with E-state index in [1.54, 1.807) is 7.05 Å². The maximum atomic E-state index is 9.16. The lowest BCUT2D eigenvalue weighted by molar-refractivity contribution is 0.250. The topological polar surface area (TPSA) is 72.7 Å². The maximum absolute atomic E-state index is 9.16. The van der Waals surface area contributed by atoms with Gasteiger partial charge in [0.15, 0.2) is 0 Å². The van der Waals surface area contributed by atoms with Crippen molar-refractivity contribution in [2.75, 3.05) is 13.7 Å². The van der Waals surface area contributed by atoms with Crippen LogP contribution >= 0.6 is 0 Å². The van der Waals surface area contributed by atoms with Crippen molar-refractivity contribution in [1.82, 2.24) is 5.32 Å². The minimum Gasteiger partial charge on any atom is -0.508 e. The Morgan fingerprint density at radius 3 is 2.15 bits per heavy atom. The summed E-state index contributed by atoms with van der Waals surface area (Å²) in [6.45, 7) is -0.0839. The molecule has 0 saturated heterocycles. The molecule has 0 aliphatic rings. The number of rotatable bonds is 3. The minimum atomic E-state index is -0.266. The molecular weight excluding hydrogens is 170 g/mol. The smallest absolute Gasteiger partial charge is 0.119 e. The number of aliphatic hydroxyl groups is 1. The number of phenols is 2. The lowest BCUT2D eigenvalue weighted by Crippen LogP contribution is -2.19. The van der Waals surface area contributed by atoms with E-state index in [-0.39, 0.29) is 24.1 Å². The summed E-state index contributed by atoms with van der Waals surface area (Å²) in [4.78, 5) is 0. The summed E-state index contributed by atoms with van der Waals surface area (Å²) in [7, 11) is 1.70. The molecule has 0 aliphatic carbocycles. The Labute approximate surface area is 76.5 Å². The molecule has 1 aromatic rings. The van der Waals surface area contributed by atoms with Crippen molar-refractivity contribution >= 4 is 0 Å². The van der Waals surface area contributed by atoms with Gasteiger partial charge in [-0.3, -0.25) is 0 Å². The molecule has 4 heteroatoms. The summed E-state index contributed by atoms with van der Waals surface area (Å²) in [5.74, 6) is -0.0209. The number of benzene rings is 1. The lowest BCUT2D eigenvalue weighted by atomic mass is 10.1. The SMILES string of the molecule is CNC(CO)c1cc(O)cc(O)c1. The second-order valence-corrected chi connectivity index (χ2v) is 2.81. The van der Waals surface area contributed by atoms with Crippen LogP contribution in [0.1, 0.15) is 11.6 Å². The molecule has 0 aromatic heterocycles.